The lowest BCUT2D eigenvalue weighted by Crippen LogP contribution is -2.48. The minimum Gasteiger partial charge on any atom is -0.494 e. The van der Waals surface area contributed by atoms with Crippen molar-refractivity contribution in [3.63, 3.8) is 0 Å². The average molecular weight is 480 g/mol. The number of amides is 1. The highest BCUT2D eigenvalue weighted by molar-refractivity contribution is 5.76. The number of nitrogens with zero attached hydrogens (tertiary/aromatic N) is 4. The molecule has 1 saturated heterocycles. The van der Waals surface area contributed by atoms with E-state index >= 15 is 0 Å². The van der Waals surface area contributed by atoms with Gasteiger partial charge in [0.1, 0.15) is 17.3 Å². The van der Waals surface area contributed by atoms with Crippen molar-refractivity contribution in [1.82, 2.24) is 20.1 Å². The Morgan fingerprint density at radius 3 is 2.40 bits per heavy atom. The van der Waals surface area contributed by atoms with Crippen LogP contribution in [0.15, 0.2) is 53.3 Å². The van der Waals surface area contributed by atoms with Crippen LogP contribution in [0, 0.1) is 5.82 Å². The van der Waals surface area contributed by atoms with E-state index in [2.05, 4.69) is 27.0 Å². The summed E-state index contributed by atoms with van der Waals surface area (Å²) in [5, 5.41) is 8.23. The van der Waals surface area contributed by atoms with E-state index < -0.39 is 0 Å². The van der Waals surface area contributed by atoms with E-state index in [4.69, 9.17) is 4.74 Å². The van der Waals surface area contributed by atoms with E-state index in [1.807, 2.05) is 24.3 Å². The SMILES string of the molecule is CCCCOc1ccc(-c2nnc(CCC(=O)N3CCN(c4ccc(F)cc4)CC3)c(=O)[nH]2)cc1. The molecule has 1 aliphatic rings. The molecule has 35 heavy (non-hydrogen) atoms. The largest absolute Gasteiger partial charge is 0.494 e. The van der Waals surface area contributed by atoms with Gasteiger partial charge < -0.3 is 19.5 Å². The van der Waals surface area contributed by atoms with Crippen LogP contribution in [-0.4, -0.2) is 58.8 Å². The first kappa shape index (κ1) is 24.4. The normalized spacial score (nSPS) is 13.7. The predicted molar refractivity (Wildman–Crippen MR) is 132 cm³/mol. The van der Waals surface area contributed by atoms with Gasteiger partial charge in [0.25, 0.3) is 5.56 Å². The molecular formula is C26H30FN5O3. The lowest BCUT2D eigenvalue weighted by molar-refractivity contribution is -0.131. The zero-order chi connectivity index (χ0) is 24.6. The number of nitrogens with one attached hydrogen (secondary N) is 1. The second-order valence-electron chi connectivity index (χ2n) is 8.52. The molecule has 0 spiro atoms. The molecule has 0 radical (unpaired) electrons. The van der Waals surface area contributed by atoms with Gasteiger partial charge in [-0.1, -0.05) is 13.3 Å². The molecule has 0 unspecified atom stereocenters. The third kappa shape index (κ3) is 6.44. The van der Waals surface area contributed by atoms with Crippen molar-refractivity contribution in [3.05, 3.63) is 70.4 Å². The first-order chi connectivity index (χ1) is 17.0. The predicted octanol–water partition coefficient (Wildman–Crippen LogP) is 3.43. The van der Waals surface area contributed by atoms with Crippen LogP contribution in [-0.2, 0) is 11.2 Å². The number of halogens is 1. The minimum absolute atomic E-state index is 0.0207. The Labute approximate surface area is 203 Å². The molecule has 0 bridgehead atoms. The number of carbonyl (C=O) groups is 1. The molecule has 1 aliphatic heterocycles. The second-order valence-corrected chi connectivity index (χ2v) is 8.52. The average Bonchev–Trinajstić information content (AvgIpc) is 2.89. The van der Waals surface area contributed by atoms with E-state index in [1.54, 1.807) is 17.0 Å². The van der Waals surface area contributed by atoms with Crippen LogP contribution in [0.4, 0.5) is 10.1 Å². The number of H-pyrrole nitrogens is 1. The van der Waals surface area contributed by atoms with E-state index in [0.717, 1.165) is 29.8 Å². The Hall–Kier alpha value is -3.75. The van der Waals surface area contributed by atoms with Crippen molar-refractivity contribution in [1.29, 1.82) is 0 Å². The number of aromatic amines is 1. The van der Waals surface area contributed by atoms with Crippen LogP contribution in [0.25, 0.3) is 11.4 Å². The summed E-state index contributed by atoms with van der Waals surface area (Å²) in [6.45, 7) is 5.29. The molecular weight excluding hydrogens is 449 g/mol. The topological polar surface area (TPSA) is 91.4 Å². The molecule has 1 N–H and O–H groups in total. The summed E-state index contributed by atoms with van der Waals surface area (Å²) in [6.07, 6.45) is 2.49. The number of carbonyl (C=O) groups excluding carboxylic acids is 1. The Morgan fingerprint density at radius 2 is 1.74 bits per heavy atom. The van der Waals surface area contributed by atoms with Gasteiger partial charge in [-0.25, -0.2) is 4.39 Å². The van der Waals surface area contributed by atoms with Gasteiger partial charge in [-0.15, -0.1) is 10.2 Å². The smallest absolute Gasteiger partial charge is 0.273 e. The highest BCUT2D eigenvalue weighted by Gasteiger charge is 2.21. The maximum absolute atomic E-state index is 13.1. The van der Waals surface area contributed by atoms with Crippen molar-refractivity contribution < 1.29 is 13.9 Å². The first-order valence-corrected chi connectivity index (χ1v) is 12.0. The lowest BCUT2D eigenvalue weighted by atomic mass is 10.2. The molecule has 4 rings (SSSR count). The van der Waals surface area contributed by atoms with Crippen LogP contribution in [0.3, 0.4) is 0 Å². The molecule has 0 aliphatic carbocycles. The van der Waals surface area contributed by atoms with Gasteiger partial charge in [0, 0.05) is 50.3 Å². The number of aryl methyl sites for hydroxylation is 1. The van der Waals surface area contributed by atoms with Crippen LogP contribution in [0.5, 0.6) is 5.75 Å². The molecule has 184 valence electrons. The highest BCUT2D eigenvalue weighted by Crippen LogP contribution is 2.19. The zero-order valence-electron chi connectivity index (χ0n) is 19.9. The first-order valence-electron chi connectivity index (χ1n) is 12.0. The van der Waals surface area contributed by atoms with E-state index in [9.17, 15) is 14.0 Å². The molecule has 3 aromatic rings. The van der Waals surface area contributed by atoms with Crippen molar-refractivity contribution >= 4 is 11.6 Å². The minimum atomic E-state index is -0.341. The number of ether oxygens (including phenoxy) is 1. The molecule has 8 nitrogen and oxygen atoms in total. The molecule has 1 aromatic heterocycles. The van der Waals surface area contributed by atoms with E-state index in [1.165, 1.54) is 12.1 Å². The molecule has 0 saturated carbocycles. The molecule has 0 atom stereocenters. The summed E-state index contributed by atoms with van der Waals surface area (Å²) in [5.74, 6) is 0.861. The van der Waals surface area contributed by atoms with Crippen LogP contribution < -0.4 is 15.2 Å². The van der Waals surface area contributed by atoms with Crippen molar-refractivity contribution in [2.75, 3.05) is 37.7 Å². The maximum atomic E-state index is 13.1. The molecule has 2 heterocycles. The quantitative estimate of drug-likeness (QED) is 0.473. The Kier molecular flexibility index (Phi) is 8.07. The number of rotatable bonds is 9. The number of benzene rings is 2. The third-order valence-electron chi connectivity index (χ3n) is 6.06. The zero-order valence-corrected chi connectivity index (χ0v) is 19.9. The number of piperazine rings is 1. The van der Waals surface area contributed by atoms with Gasteiger partial charge in [0.15, 0.2) is 5.82 Å². The Balaban J connectivity index is 1.28. The van der Waals surface area contributed by atoms with Gasteiger partial charge in [-0.3, -0.25) is 9.59 Å². The maximum Gasteiger partial charge on any atom is 0.273 e. The van der Waals surface area contributed by atoms with E-state index in [-0.39, 0.29) is 35.8 Å². The van der Waals surface area contributed by atoms with Gasteiger partial charge in [0.05, 0.1) is 6.61 Å². The fourth-order valence-electron chi connectivity index (χ4n) is 3.95. The summed E-state index contributed by atoms with van der Waals surface area (Å²) in [5.41, 5.74) is 1.58. The Morgan fingerprint density at radius 1 is 1.03 bits per heavy atom. The molecule has 1 amide bonds. The summed E-state index contributed by atoms with van der Waals surface area (Å²) >= 11 is 0. The van der Waals surface area contributed by atoms with Crippen molar-refractivity contribution in [2.45, 2.75) is 32.6 Å². The molecule has 1 fully saturated rings. The second kappa shape index (κ2) is 11.6. The number of aromatic nitrogens is 3. The van der Waals surface area contributed by atoms with Crippen LogP contribution in [0.1, 0.15) is 31.9 Å². The summed E-state index contributed by atoms with van der Waals surface area (Å²) in [4.78, 5) is 31.9. The molecule has 9 heteroatoms. The van der Waals surface area contributed by atoms with Gasteiger partial charge in [-0.2, -0.15) is 0 Å². The van der Waals surface area contributed by atoms with Crippen molar-refractivity contribution in [3.8, 4) is 17.1 Å². The van der Waals surface area contributed by atoms with E-state index in [0.29, 0.717) is 38.6 Å². The third-order valence-corrected chi connectivity index (χ3v) is 6.06. The Bertz CT molecular complexity index is 1170. The van der Waals surface area contributed by atoms with Gasteiger partial charge >= 0.3 is 0 Å². The van der Waals surface area contributed by atoms with Gasteiger partial charge in [0.2, 0.25) is 5.91 Å². The summed E-state index contributed by atoms with van der Waals surface area (Å²) in [7, 11) is 0. The van der Waals surface area contributed by atoms with Crippen LogP contribution >= 0.6 is 0 Å². The fourth-order valence-corrected chi connectivity index (χ4v) is 3.95. The summed E-state index contributed by atoms with van der Waals surface area (Å²) < 4.78 is 18.8. The summed E-state index contributed by atoms with van der Waals surface area (Å²) in [6, 6.07) is 13.7. The monoisotopic (exact) mass is 479 g/mol. The number of unbranched alkanes of at least 4 members (excludes halogenated alkanes) is 1. The highest BCUT2D eigenvalue weighted by atomic mass is 19.1. The fraction of sp³-hybridized carbons (Fsp3) is 0.385. The number of anilines is 1. The lowest BCUT2D eigenvalue weighted by Gasteiger charge is -2.36. The van der Waals surface area contributed by atoms with Crippen molar-refractivity contribution in [2.24, 2.45) is 0 Å². The standard InChI is InChI=1S/C26H30FN5O3/c1-2-3-18-35-22-10-4-19(5-11-22)25-28-26(34)23(29-30-25)12-13-24(33)32-16-14-31(15-17-32)21-8-6-20(27)7-9-21/h4-11H,2-3,12-18H2,1H3,(H,28,30,34). The number of hydrogen-bond acceptors (Lipinski definition) is 6. The van der Waals surface area contributed by atoms with Gasteiger partial charge in [-0.05, 0) is 55.0 Å². The molecule has 2 aromatic carbocycles. The number of hydrogen-bond donors (Lipinski definition) is 1. The van der Waals surface area contributed by atoms with Crippen LogP contribution in [0.2, 0.25) is 0 Å².